The molecule has 3 N–H and O–H groups in total. The maximum Gasteiger partial charge on any atom is 0.0500 e. The van der Waals surface area contributed by atoms with Gasteiger partial charge in [0.2, 0.25) is 0 Å². The summed E-state index contributed by atoms with van der Waals surface area (Å²) in [5.41, 5.74) is 3.49. The summed E-state index contributed by atoms with van der Waals surface area (Å²) in [5, 5.41) is 16.9. The second-order valence-corrected chi connectivity index (χ2v) is 7.80. The number of hydrogen-bond donors (Lipinski definition) is 3. The lowest BCUT2D eigenvalue weighted by Gasteiger charge is -2.43. The van der Waals surface area contributed by atoms with Crippen LogP contribution in [0.15, 0.2) is 54.6 Å². The van der Waals surface area contributed by atoms with E-state index >= 15 is 0 Å². The van der Waals surface area contributed by atoms with Gasteiger partial charge >= 0.3 is 0 Å². The Hall–Kier alpha value is -1.59. The van der Waals surface area contributed by atoms with E-state index in [4.69, 9.17) is 0 Å². The molecule has 1 aliphatic rings. The summed E-state index contributed by atoms with van der Waals surface area (Å²) in [6.45, 7) is 9.36. The van der Waals surface area contributed by atoms with E-state index in [0.29, 0.717) is 0 Å². The number of hydrogen-bond acceptors (Lipinski definition) is 4. The quantitative estimate of drug-likeness (QED) is 0.676. The third-order valence-corrected chi connectivity index (χ3v) is 5.23. The molecule has 1 fully saturated rings. The Morgan fingerprint density at radius 3 is 2.26 bits per heavy atom. The molecule has 0 aromatic heterocycles. The maximum atomic E-state index is 9.97. The van der Waals surface area contributed by atoms with Crippen molar-refractivity contribution in [2.24, 2.45) is 5.41 Å². The second-order valence-electron chi connectivity index (χ2n) is 7.80. The summed E-state index contributed by atoms with van der Waals surface area (Å²) in [7, 11) is 0. The van der Waals surface area contributed by atoms with Crippen molar-refractivity contribution in [3.8, 4) is 0 Å². The second kappa shape index (κ2) is 10.1. The fraction of sp³-hybridized carbons (Fsp3) is 0.455. The fourth-order valence-electron chi connectivity index (χ4n) is 3.77. The molecule has 1 heterocycles. The molecule has 2 aromatic rings. The number of anilines is 1. The Bertz CT molecular complexity index is 670. The van der Waals surface area contributed by atoms with E-state index in [9.17, 15) is 5.11 Å². The number of nitrogens with zero attached hydrogens (tertiary/aromatic N) is 1. The molecule has 2 aromatic carbocycles. The smallest absolute Gasteiger partial charge is 0.0500 e. The van der Waals surface area contributed by atoms with Crippen LogP contribution in [0.2, 0.25) is 0 Å². The van der Waals surface area contributed by atoms with Crippen LogP contribution in [0.25, 0.3) is 0 Å². The minimum absolute atomic E-state index is 0. The number of aliphatic hydroxyl groups excluding tert-OH is 1. The molecule has 0 saturated carbocycles. The van der Waals surface area contributed by atoms with Crippen LogP contribution in [0.4, 0.5) is 5.69 Å². The van der Waals surface area contributed by atoms with E-state index in [-0.39, 0.29) is 30.5 Å². The molecule has 5 heteroatoms. The van der Waals surface area contributed by atoms with Gasteiger partial charge in [-0.2, -0.15) is 0 Å². The third-order valence-electron chi connectivity index (χ3n) is 5.23. The molecule has 4 nitrogen and oxygen atoms in total. The van der Waals surface area contributed by atoms with Crippen molar-refractivity contribution in [3.05, 3.63) is 65.7 Å². The van der Waals surface area contributed by atoms with Crippen molar-refractivity contribution < 1.29 is 5.11 Å². The minimum atomic E-state index is -0.184. The van der Waals surface area contributed by atoms with Gasteiger partial charge in [0.25, 0.3) is 0 Å². The van der Waals surface area contributed by atoms with Crippen LogP contribution in [0.1, 0.15) is 31.0 Å². The maximum absolute atomic E-state index is 9.97. The number of halogens is 1. The molecule has 148 valence electrons. The van der Waals surface area contributed by atoms with Crippen LogP contribution in [-0.2, 0) is 6.54 Å². The number of aliphatic hydroxyl groups is 1. The van der Waals surface area contributed by atoms with E-state index in [1.807, 2.05) is 6.07 Å². The predicted molar refractivity (Wildman–Crippen MR) is 116 cm³/mol. The van der Waals surface area contributed by atoms with Gasteiger partial charge in [-0.25, -0.2) is 0 Å². The molecule has 27 heavy (non-hydrogen) atoms. The highest BCUT2D eigenvalue weighted by Gasteiger charge is 2.35. The lowest BCUT2D eigenvalue weighted by Crippen LogP contribution is -2.49. The Labute approximate surface area is 169 Å². The molecule has 0 radical (unpaired) electrons. The molecule has 0 bridgehead atoms. The van der Waals surface area contributed by atoms with Crippen LogP contribution in [0, 0.1) is 5.41 Å². The van der Waals surface area contributed by atoms with Gasteiger partial charge in [-0.05, 0) is 23.3 Å². The molecule has 3 rings (SSSR count). The molecule has 0 amide bonds. The average Bonchev–Trinajstić information content (AvgIpc) is 2.69. The van der Waals surface area contributed by atoms with Gasteiger partial charge in [0.15, 0.2) is 0 Å². The summed E-state index contributed by atoms with van der Waals surface area (Å²) in [6.07, 6.45) is 0. The largest absolute Gasteiger partial charge is 0.396 e. The first kappa shape index (κ1) is 21.7. The van der Waals surface area contributed by atoms with Crippen molar-refractivity contribution in [2.75, 3.05) is 38.1 Å². The van der Waals surface area contributed by atoms with Gasteiger partial charge in [-0.15, -0.1) is 12.4 Å². The third kappa shape index (κ3) is 5.69. The first-order valence-electron chi connectivity index (χ1n) is 9.53. The molecule has 1 atom stereocenters. The van der Waals surface area contributed by atoms with E-state index in [0.717, 1.165) is 38.4 Å². The van der Waals surface area contributed by atoms with Crippen LogP contribution in [-0.4, -0.2) is 42.8 Å². The van der Waals surface area contributed by atoms with E-state index in [2.05, 4.69) is 77.9 Å². The van der Waals surface area contributed by atoms with Crippen molar-refractivity contribution in [1.82, 2.24) is 10.2 Å². The molecule has 0 aliphatic carbocycles. The van der Waals surface area contributed by atoms with Gasteiger partial charge in [-0.1, -0.05) is 56.3 Å². The zero-order valence-electron chi connectivity index (χ0n) is 16.3. The molecular weight excluding hydrogens is 358 g/mol. The van der Waals surface area contributed by atoms with Gasteiger partial charge in [-0.3, -0.25) is 4.90 Å². The fourth-order valence-corrected chi connectivity index (χ4v) is 3.77. The summed E-state index contributed by atoms with van der Waals surface area (Å²) >= 11 is 0. The Balaban J connectivity index is 0.00000261. The van der Waals surface area contributed by atoms with Gasteiger partial charge < -0.3 is 15.7 Å². The Kier molecular flexibility index (Phi) is 8.11. The number of piperazine rings is 1. The van der Waals surface area contributed by atoms with Crippen molar-refractivity contribution in [3.63, 3.8) is 0 Å². The minimum Gasteiger partial charge on any atom is -0.396 e. The van der Waals surface area contributed by atoms with Crippen molar-refractivity contribution >= 4 is 18.1 Å². The predicted octanol–water partition coefficient (Wildman–Crippen LogP) is 3.69. The monoisotopic (exact) mass is 389 g/mol. The van der Waals surface area contributed by atoms with E-state index in [1.54, 1.807) is 0 Å². The lowest BCUT2D eigenvalue weighted by molar-refractivity contribution is 0.0305. The van der Waals surface area contributed by atoms with Crippen LogP contribution >= 0.6 is 12.4 Å². The van der Waals surface area contributed by atoms with E-state index < -0.39 is 0 Å². The van der Waals surface area contributed by atoms with Crippen LogP contribution in [0.5, 0.6) is 0 Å². The van der Waals surface area contributed by atoms with Crippen LogP contribution in [0.3, 0.4) is 0 Å². The number of benzene rings is 2. The highest BCUT2D eigenvalue weighted by atomic mass is 35.5. The van der Waals surface area contributed by atoms with Crippen molar-refractivity contribution in [2.45, 2.75) is 26.4 Å². The summed E-state index contributed by atoms with van der Waals surface area (Å²) in [5.74, 6) is 0. The molecule has 1 saturated heterocycles. The number of nitrogens with one attached hydrogen (secondary N) is 2. The van der Waals surface area contributed by atoms with Gasteiger partial charge in [0.05, 0.1) is 0 Å². The summed E-state index contributed by atoms with van der Waals surface area (Å²) in [6, 6.07) is 19.4. The van der Waals surface area contributed by atoms with E-state index in [1.165, 1.54) is 11.1 Å². The highest BCUT2D eigenvalue weighted by Crippen LogP contribution is 2.38. The topological polar surface area (TPSA) is 47.5 Å². The first-order valence-corrected chi connectivity index (χ1v) is 9.53. The molecule has 0 unspecified atom stereocenters. The van der Waals surface area contributed by atoms with Crippen molar-refractivity contribution in [1.29, 1.82) is 0 Å². The molecule has 1 aliphatic heterocycles. The Morgan fingerprint density at radius 2 is 1.67 bits per heavy atom. The molecular formula is C22H32ClN3O. The highest BCUT2D eigenvalue weighted by molar-refractivity contribution is 5.85. The summed E-state index contributed by atoms with van der Waals surface area (Å²) in [4.78, 5) is 2.50. The lowest BCUT2D eigenvalue weighted by atomic mass is 9.79. The standard InChI is InChI=1S/C22H31N3O.ClH/c1-22(2,17-26)21(25-14-12-23-13-15-25)19-8-10-20(11-9-19)24-16-18-6-4-3-5-7-18;/h3-11,21,23-24,26H,12-17H2,1-2H3;1H/t21-;/m0./s1. The van der Waals surface area contributed by atoms with Gasteiger partial charge in [0, 0.05) is 56.5 Å². The zero-order chi connectivity index (χ0) is 18.4. The number of rotatable bonds is 7. The van der Waals surface area contributed by atoms with Crippen LogP contribution < -0.4 is 10.6 Å². The normalized spacial score (nSPS) is 16.4. The van der Waals surface area contributed by atoms with Gasteiger partial charge in [0.1, 0.15) is 0 Å². The SMILES string of the molecule is CC(C)(CO)[C@H](c1ccc(NCc2ccccc2)cc1)N1CCNCC1.Cl. The molecule has 0 spiro atoms. The Morgan fingerprint density at radius 1 is 1.04 bits per heavy atom. The zero-order valence-corrected chi connectivity index (χ0v) is 17.1. The average molecular weight is 390 g/mol. The first-order chi connectivity index (χ1) is 12.6. The summed E-state index contributed by atoms with van der Waals surface area (Å²) < 4.78 is 0.